The van der Waals surface area contributed by atoms with Crippen molar-refractivity contribution in [3.63, 3.8) is 0 Å². The quantitative estimate of drug-likeness (QED) is 0.620. The summed E-state index contributed by atoms with van der Waals surface area (Å²) in [6.45, 7) is 0.905. The van der Waals surface area contributed by atoms with Gasteiger partial charge in [0.25, 0.3) is 0 Å². The number of nitrogens with two attached hydrogens (primary N) is 1. The molecule has 2 rings (SSSR count). The molecule has 10 heavy (non-hydrogen) atoms. The van der Waals surface area contributed by atoms with E-state index in [2.05, 4.69) is 0 Å². The fourth-order valence-electron chi connectivity index (χ4n) is 2.45. The van der Waals surface area contributed by atoms with Gasteiger partial charge in [-0.1, -0.05) is 6.42 Å². The van der Waals surface area contributed by atoms with E-state index in [0.717, 1.165) is 24.3 Å². The zero-order valence-electron chi connectivity index (χ0n) is 6.55. The Morgan fingerprint density at radius 2 is 2.00 bits per heavy atom. The molecule has 2 saturated carbocycles. The minimum Gasteiger partial charge on any atom is -0.330 e. The summed E-state index contributed by atoms with van der Waals surface area (Å²) in [4.78, 5) is 0. The molecule has 0 unspecified atom stereocenters. The molecule has 0 spiro atoms. The highest BCUT2D eigenvalue weighted by Gasteiger charge is 2.41. The predicted molar refractivity (Wildman–Crippen MR) is 42.6 cm³/mol. The molecule has 1 nitrogen and oxygen atoms in total. The van der Waals surface area contributed by atoms with Crippen LogP contribution in [0, 0.1) is 17.8 Å². The van der Waals surface area contributed by atoms with Gasteiger partial charge in [0, 0.05) is 0 Å². The van der Waals surface area contributed by atoms with Gasteiger partial charge < -0.3 is 5.73 Å². The molecule has 0 amide bonds. The average Bonchev–Trinajstić information content (AvgIpc) is 2.66. The summed E-state index contributed by atoms with van der Waals surface area (Å²) in [5.41, 5.74) is 5.52. The minimum atomic E-state index is 0.905. The van der Waals surface area contributed by atoms with Gasteiger partial charge in [-0.25, -0.2) is 0 Å². The Kier molecular flexibility index (Phi) is 1.69. The second-order valence-corrected chi connectivity index (χ2v) is 4.01. The van der Waals surface area contributed by atoms with E-state index in [9.17, 15) is 0 Å². The SMILES string of the molecule is NCC[C@@H]1CC[C@@H]2C[C@H]2C1. The van der Waals surface area contributed by atoms with E-state index in [1.54, 1.807) is 6.42 Å². The van der Waals surface area contributed by atoms with Crippen LogP contribution in [-0.4, -0.2) is 6.54 Å². The van der Waals surface area contributed by atoms with Crippen molar-refractivity contribution < 1.29 is 0 Å². The number of hydrogen-bond acceptors (Lipinski definition) is 1. The van der Waals surface area contributed by atoms with Crippen molar-refractivity contribution in [2.75, 3.05) is 6.54 Å². The Hall–Kier alpha value is -0.0400. The standard InChI is InChI=1S/C9H17N/c10-4-3-7-1-2-8-6-9(8)5-7/h7-9H,1-6,10H2/t7-,8+,9+/m0/s1. The summed E-state index contributed by atoms with van der Waals surface area (Å²) in [5.74, 6) is 3.27. The van der Waals surface area contributed by atoms with Crippen molar-refractivity contribution in [3.8, 4) is 0 Å². The van der Waals surface area contributed by atoms with Gasteiger partial charge in [-0.2, -0.15) is 0 Å². The molecule has 0 heterocycles. The van der Waals surface area contributed by atoms with Gasteiger partial charge in [-0.15, -0.1) is 0 Å². The summed E-state index contributed by atoms with van der Waals surface area (Å²) in [6, 6.07) is 0. The van der Waals surface area contributed by atoms with Crippen LogP contribution in [0.4, 0.5) is 0 Å². The van der Waals surface area contributed by atoms with Crippen molar-refractivity contribution in [2.45, 2.75) is 32.1 Å². The lowest BCUT2D eigenvalue weighted by Gasteiger charge is -2.19. The van der Waals surface area contributed by atoms with Crippen LogP contribution in [0.3, 0.4) is 0 Å². The first-order valence-corrected chi connectivity index (χ1v) is 4.60. The van der Waals surface area contributed by atoms with Gasteiger partial charge in [0.2, 0.25) is 0 Å². The average molecular weight is 139 g/mol. The van der Waals surface area contributed by atoms with Crippen LogP contribution in [0.25, 0.3) is 0 Å². The zero-order valence-corrected chi connectivity index (χ0v) is 6.55. The minimum absolute atomic E-state index is 0.905. The molecule has 0 radical (unpaired) electrons. The largest absolute Gasteiger partial charge is 0.330 e. The molecule has 2 N–H and O–H groups in total. The van der Waals surface area contributed by atoms with Crippen molar-refractivity contribution in [2.24, 2.45) is 23.5 Å². The highest BCUT2D eigenvalue weighted by molar-refractivity contribution is 4.92. The molecule has 0 aliphatic heterocycles. The fraction of sp³-hybridized carbons (Fsp3) is 1.00. The topological polar surface area (TPSA) is 26.0 Å². The maximum atomic E-state index is 5.52. The highest BCUT2D eigenvalue weighted by atomic mass is 14.5. The van der Waals surface area contributed by atoms with Gasteiger partial charge in [-0.3, -0.25) is 0 Å². The third kappa shape index (κ3) is 1.20. The molecular weight excluding hydrogens is 122 g/mol. The monoisotopic (exact) mass is 139 g/mol. The molecule has 0 aromatic heterocycles. The van der Waals surface area contributed by atoms with Crippen LogP contribution in [-0.2, 0) is 0 Å². The lowest BCUT2D eigenvalue weighted by molar-refractivity contribution is 0.329. The number of fused-ring (bicyclic) bond motifs is 1. The first-order chi connectivity index (χ1) is 4.90. The predicted octanol–water partition coefficient (Wildman–Crippen LogP) is 1.77. The molecule has 0 bridgehead atoms. The van der Waals surface area contributed by atoms with E-state index >= 15 is 0 Å². The third-order valence-electron chi connectivity index (χ3n) is 3.23. The summed E-state index contributed by atoms with van der Waals surface area (Å²) in [6.07, 6.45) is 7.31. The second-order valence-electron chi connectivity index (χ2n) is 4.01. The molecule has 2 aliphatic carbocycles. The normalized spacial score (nSPS) is 44.7. The van der Waals surface area contributed by atoms with Crippen molar-refractivity contribution >= 4 is 0 Å². The first-order valence-electron chi connectivity index (χ1n) is 4.60. The van der Waals surface area contributed by atoms with E-state index in [-0.39, 0.29) is 0 Å². The Bertz CT molecular complexity index is 122. The van der Waals surface area contributed by atoms with Gasteiger partial charge in [0.1, 0.15) is 0 Å². The molecular formula is C9H17N. The molecule has 58 valence electrons. The number of rotatable bonds is 2. The Labute approximate surface area is 63.0 Å². The summed E-state index contributed by atoms with van der Waals surface area (Å²) in [5, 5.41) is 0. The van der Waals surface area contributed by atoms with Crippen LogP contribution in [0.2, 0.25) is 0 Å². The molecule has 2 fully saturated rings. The Morgan fingerprint density at radius 3 is 2.70 bits per heavy atom. The van der Waals surface area contributed by atoms with E-state index in [1.165, 1.54) is 25.7 Å². The smallest absolute Gasteiger partial charge is 0.00746 e. The van der Waals surface area contributed by atoms with Gasteiger partial charge in [0.05, 0.1) is 0 Å². The van der Waals surface area contributed by atoms with E-state index in [4.69, 9.17) is 5.73 Å². The first kappa shape index (κ1) is 6.66. The zero-order chi connectivity index (χ0) is 6.97. The summed E-state index contributed by atoms with van der Waals surface area (Å²) < 4.78 is 0. The maximum absolute atomic E-state index is 5.52. The lowest BCUT2D eigenvalue weighted by atomic mass is 9.87. The van der Waals surface area contributed by atoms with Crippen molar-refractivity contribution in [1.82, 2.24) is 0 Å². The van der Waals surface area contributed by atoms with E-state index in [0.29, 0.717) is 0 Å². The van der Waals surface area contributed by atoms with Gasteiger partial charge >= 0.3 is 0 Å². The van der Waals surface area contributed by atoms with Gasteiger partial charge in [-0.05, 0) is 50.0 Å². The van der Waals surface area contributed by atoms with Crippen molar-refractivity contribution in [1.29, 1.82) is 0 Å². The molecule has 0 saturated heterocycles. The van der Waals surface area contributed by atoms with Crippen LogP contribution in [0.1, 0.15) is 32.1 Å². The van der Waals surface area contributed by atoms with Crippen LogP contribution in [0.5, 0.6) is 0 Å². The second kappa shape index (κ2) is 2.54. The summed E-state index contributed by atoms with van der Waals surface area (Å²) in [7, 11) is 0. The molecule has 2 aliphatic rings. The third-order valence-corrected chi connectivity index (χ3v) is 3.23. The van der Waals surface area contributed by atoms with Crippen LogP contribution in [0.15, 0.2) is 0 Å². The lowest BCUT2D eigenvalue weighted by Crippen LogP contribution is -2.13. The van der Waals surface area contributed by atoms with Gasteiger partial charge in [0.15, 0.2) is 0 Å². The van der Waals surface area contributed by atoms with Crippen LogP contribution < -0.4 is 5.73 Å². The number of hydrogen-bond donors (Lipinski definition) is 1. The molecule has 0 aromatic carbocycles. The highest BCUT2D eigenvalue weighted by Crippen LogP contribution is 2.51. The Balaban J connectivity index is 1.77. The molecule has 1 heteroatoms. The maximum Gasteiger partial charge on any atom is -0.00746 e. The van der Waals surface area contributed by atoms with Crippen LogP contribution >= 0.6 is 0 Å². The summed E-state index contributed by atoms with van der Waals surface area (Å²) >= 11 is 0. The van der Waals surface area contributed by atoms with Crippen molar-refractivity contribution in [3.05, 3.63) is 0 Å². The molecule has 3 atom stereocenters. The molecule has 0 aromatic rings. The van der Waals surface area contributed by atoms with E-state index in [1.807, 2.05) is 0 Å². The van der Waals surface area contributed by atoms with E-state index < -0.39 is 0 Å². The Morgan fingerprint density at radius 1 is 1.10 bits per heavy atom. The fourth-order valence-corrected chi connectivity index (χ4v) is 2.45.